The first-order chi connectivity index (χ1) is 6.65. The minimum atomic E-state index is -1.37. The number of hydrogen-bond acceptors (Lipinski definition) is 3. The van der Waals surface area contributed by atoms with Gasteiger partial charge in [-0.15, -0.1) is 0 Å². The lowest BCUT2D eigenvalue weighted by molar-refractivity contribution is 0.0690. The summed E-state index contributed by atoms with van der Waals surface area (Å²) in [7, 11) is 0. The van der Waals surface area contributed by atoms with Crippen LogP contribution in [0.15, 0.2) is 12.3 Å². The summed E-state index contributed by atoms with van der Waals surface area (Å²) in [5, 5.41) is 8.56. The largest absolute Gasteiger partial charge is 0.478 e. The van der Waals surface area contributed by atoms with Crippen molar-refractivity contribution in [2.75, 3.05) is 6.54 Å². The number of pyridine rings is 1. The van der Waals surface area contributed by atoms with E-state index in [0.29, 0.717) is 5.56 Å². The number of carbonyl (C=O) groups is 1. The number of carboxylic acid groups (broad SMARTS) is 1. The molecule has 0 aliphatic rings. The van der Waals surface area contributed by atoms with Gasteiger partial charge in [0.2, 0.25) is 5.95 Å². The van der Waals surface area contributed by atoms with Gasteiger partial charge >= 0.3 is 5.97 Å². The number of carboxylic acids is 1. The van der Waals surface area contributed by atoms with Crippen molar-refractivity contribution in [2.24, 2.45) is 5.73 Å². The van der Waals surface area contributed by atoms with Gasteiger partial charge in [-0.1, -0.05) is 11.8 Å². The molecule has 0 aliphatic carbocycles. The van der Waals surface area contributed by atoms with Crippen molar-refractivity contribution < 1.29 is 14.3 Å². The van der Waals surface area contributed by atoms with E-state index in [1.165, 1.54) is 0 Å². The molecule has 0 aliphatic heterocycles. The summed E-state index contributed by atoms with van der Waals surface area (Å²) >= 11 is 0. The Morgan fingerprint density at radius 2 is 2.43 bits per heavy atom. The molecule has 0 amide bonds. The number of nitrogens with zero attached hydrogens (tertiary/aromatic N) is 1. The minimum Gasteiger partial charge on any atom is -0.478 e. The van der Waals surface area contributed by atoms with E-state index in [2.05, 4.69) is 16.8 Å². The molecular formula is C9H7FN2O2. The summed E-state index contributed by atoms with van der Waals surface area (Å²) < 4.78 is 12.8. The quantitative estimate of drug-likeness (QED) is 0.495. The standard InChI is InChI=1S/C9H7FN2O2/c10-8-7(9(13)14)4-6(5-12-8)2-1-3-11/h4-5H,3,11H2,(H,13,14). The Balaban J connectivity index is 3.13. The Morgan fingerprint density at radius 3 is 3.00 bits per heavy atom. The van der Waals surface area contributed by atoms with Crippen molar-refractivity contribution in [3.05, 3.63) is 29.3 Å². The third kappa shape index (κ3) is 2.28. The summed E-state index contributed by atoms with van der Waals surface area (Å²) in [6.45, 7) is 0.153. The van der Waals surface area contributed by atoms with Crippen LogP contribution in [-0.2, 0) is 0 Å². The van der Waals surface area contributed by atoms with Crippen molar-refractivity contribution in [1.29, 1.82) is 0 Å². The van der Waals surface area contributed by atoms with Crippen LogP contribution in [0.1, 0.15) is 15.9 Å². The molecule has 14 heavy (non-hydrogen) atoms. The zero-order chi connectivity index (χ0) is 10.6. The number of nitrogens with two attached hydrogens (primary N) is 1. The highest BCUT2D eigenvalue weighted by atomic mass is 19.1. The van der Waals surface area contributed by atoms with E-state index in [1.54, 1.807) is 0 Å². The van der Waals surface area contributed by atoms with Crippen LogP contribution in [0.5, 0.6) is 0 Å². The van der Waals surface area contributed by atoms with E-state index < -0.39 is 17.5 Å². The molecule has 1 heterocycles. The van der Waals surface area contributed by atoms with E-state index in [4.69, 9.17) is 10.8 Å². The van der Waals surface area contributed by atoms with Crippen molar-refractivity contribution >= 4 is 5.97 Å². The molecule has 0 spiro atoms. The molecule has 72 valence electrons. The highest BCUT2D eigenvalue weighted by Crippen LogP contribution is 2.06. The molecule has 1 aromatic rings. The zero-order valence-corrected chi connectivity index (χ0v) is 7.12. The van der Waals surface area contributed by atoms with Crippen LogP contribution >= 0.6 is 0 Å². The fraction of sp³-hybridized carbons (Fsp3) is 0.111. The summed E-state index contributed by atoms with van der Waals surface area (Å²) in [5.41, 5.74) is 4.96. The van der Waals surface area contributed by atoms with E-state index >= 15 is 0 Å². The molecule has 0 saturated carbocycles. The number of hydrogen-bond donors (Lipinski definition) is 2. The van der Waals surface area contributed by atoms with Gasteiger partial charge in [0.15, 0.2) is 0 Å². The summed E-state index contributed by atoms with van der Waals surface area (Å²) in [5.74, 6) is 2.68. The molecule has 0 saturated heterocycles. The van der Waals surface area contributed by atoms with Crippen molar-refractivity contribution in [1.82, 2.24) is 4.98 Å². The van der Waals surface area contributed by atoms with Crippen molar-refractivity contribution in [3.63, 3.8) is 0 Å². The zero-order valence-electron chi connectivity index (χ0n) is 7.12. The molecule has 0 atom stereocenters. The lowest BCUT2D eigenvalue weighted by Crippen LogP contribution is -2.03. The lowest BCUT2D eigenvalue weighted by atomic mass is 10.2. The molecule has 3 N–H and O–H groups in total. The summed E-state index contributed by atoms with van der Waals surface area (Å²) in [4.78, 5) is 13.8. The van der Waals surface area contributed by atoms with Crippen LogP contribution in [0.2, 0.25) is 0 Å². The fourth-order valence-corrected chi connectivity index (χ4v) is 0.820. The van der Waals surface area contributed by atoms with E-state index in [-0.39, 0.29) is 6.54 Å². The van der Waals surface area contributed by atoms with Gasteiger partial charge in [-0.05, 0) is 6.07 Å². The molecule has 5 heteroatoms. The molecule has 4 nitrogen and oxygen atoms in total. The third-order valence-electron chi connectivity index (χ3n) is 1.40. The van der Waals surface area contributed by atoms with Crippen LogP contribution in [-0.4, -0.2) is 22.6 Å². The monoisotopic (exact) mass is 194 g/mol. The van der Waals surface area contributed by atoms with Gasteiger partial charge in [0.05, 0.1) is 6.54 Å². The minimum absolute atomic E-state index is 0.153. The fourth-order valence-electron chi connectivity index (χ4n) is 0.820. The van der Waals surface area contributed by atoms with Crippen molar-refractivity contribution in [2.45, 2.75) is 0 Å². The average Bonchev–Trinajstić information content (AvgIpc) is 2.16. The predicted molar refractivity (Wildman–Crippen MR) is 47.1 cm³/mol. The second kappa shape index (κ2) is 4.35. The Hall–Kier alpha value is -1.93. The maximum atomic E-state index is 12.8. The molecule has 1 aromatic heterocycles. The first-order valence-electron chi connectivity index (χ1n) is 3.73. The highest BCUT2D eigenvalue weighted by molar-refractivity contribution is 5.87. The molecular weight excluding hydrogens is 187 g/mol. The van der Waals surface area contributed by atoms with Gasteiger partial charge in [-0.3, -0.25) is 0 Å². The first-order valence-corrected chi connectivity index (χ1v) is 3.73. The Kier molecular flexibility index (Phi) is 3.15. The summed E-state index contributed by atoms with van der Waals surface area (Å²) in [6, 6.07) is 1.12. The molecule has 0 aromatic carbocycles. The van der Waals surface area contributed by atoms with Crippen LogP contribution in [0, 0.1) is 17.8 Å². The van der Waals surface area contributed by atoms with Crippen LogP contribution < -0.4 is 5.73 Å². The number of aromatic carboxylic acids is 1. The Labute approximate surface area is 79.6 Å². The topological polar surface area (TPSA) is 76.2 Å². The van der Waals surface area contributed by atoms with Gasteiger partial charge in [0.25, 0.3) is 0 Å². The van der Waals surface area contributed by atoms with Gasteiger partial charge in [0, 0.05) is 11.8 Å². The van der Waals surface area contributed by atoms with Gasteiger partial charge < -0.3 is 10.8 Å². The van der Waals surface area contributed by atoms with Crippen LogP contribution in [0.3, 0.4) is 0 Å². The van der Waals surface area contributed by atoms with Crippen LogP contribution in [0.25, 0.3) is 0 Å². The summed E-state index contributed by atoms with van der Waals surface area (Å²) in [6.07, 6.45) is 1.16. The maximum Gasteiger partial charge on any atom is 0.340 e. The van der Waals surface area contributed by atoms with E-state index in [1.807, 2.05) is 0 Å². The molecule has 0 fully saturated rings. The first kappa shape index (κ1) is 10.2. The van der Waals surface area contributed by atoms with Gasteiger partial charge in [-0.25, -0.2) is 9.78 Å². The van der Waals surface area contributed by atoms with Crippen LogP contribution in [0.4, 0.5) is 4.39 Å². The molecule has 0 bridgehead atoms. The van der Waals surface area contributed by atoms with E-state index in [0.717, 1.165) is 12.3 Å². The Morgan fingerprint density at radius 1 is 1.71 bits per heavy atom. The van der Waals surface area contributed by atoms with E-state index in [9.17, 15) is 9.18 Å². The van der Waals surface area contributed by atoms with Gasteiger partial charge in [0.1, 0.15) is 5.56 Å². The SMILES string of the molecule is NCC#Cc1cnc(F)c(C(=O)O)c1. The number of rotatable bonds is 1. The Bertz CT molecular complexity index is 421. The predicted octanol–water partition coefficient (Wildman–Crippen LogP) is 0.229. The number of halogens is 1. The second-order valence-electron chi connectivity index (χ2n) is 2.37. The highest BCUT2D eigenvalue weighted by Gasteiger charge is 2.11. The van der Waals surface area contributed by atoms with Gasteiger partial charge in [-0.2, -0.15) is 4.39 Å². The third-order valence-corrected chi connectivity index (χ3v) is 1.40. The normalized spacial score (nSPS) is 9.00. The average molecular weight is 194 g/mol. The molecule has 0 unspecified atom stereocenters. The molecule has 0 radical (unpaired) electrons. The smallest absolute Gasteiger partial charge is 0.340 e. The molecule has 1 rings (SSSR count). The second-order valence-corrected chi connectivity index (χ2v) is 2.37. The number of aromatic nitrogens is 1. The van der Waals surface area contributed by atoms with Crippen molar-refractivity contribution in [3.8, 4) is 11.8 Å². The lowest BCUT2D eigenvalue weighted by Gasteiger charge is -1.96. The maximum absolute atomic E-state index is 12.8.